The third-order valence-corrected chi connectivity index (χ3v) is 5.05. The Labute approximate surface area is 171 Å². The summed E-state index contributed by atoms with van der Waals surface area (Å²) < 4.78 is 16.2. The van der Waals surface area contributed by atoms with E-state index < -0.39 is 17.1 Å². The molecular formula is C24H19FN2O3. The van der Waals surface area contributed by atoms with Gasteiger partial charge < -0.3 is 0 Å². The highest BCUT2D eigenvalue weighted by Crippen LogP contribution is 2.14. The van der Waals surface area contributed by atoms with E-state index in [0.29, 0.717) is 22.9 Å². The van der Waals surface area contributed by atoms with Crippen molar-refractivity contribution >= 4 is 16.7 Å². The molecule has 1 aromatic heterocycles. The maximum Gasteiger partial charge on any atom is 0.336 e. The number of halogens is 1. The zero-order valence-corrected chi connectivity index (χ0v) is 16.3. The van der Waals surface area contributed by atoms with Crippen LogP contribution in [-0.2, 0) is 6.54 Å². The van der Waals surface area contributed by atoms with Crippen molar-refractivity contribution < 1.29 is 9.18 Å². The van der Waals surface area contributed by atoms with Crippen LogP contribution < -0.4 is 11.2 Å². The Balaban J connectivity index is 1.90. The molecule has 0 saturated heterocycles. The Kier molecular flexibility index (Phi) is 5.14. The summed E-state index contributed by atoms with van der Waals surface area (Å²) in [6.45, 7) is 2.01. The second kappa shape index (κ2) is 7.91. The molecule has 0 amide bonds. The van der Waals surface area contributed by atoms with Gasteiger partial charge in [0.2, 0.25) is 0 Å². The molecule has 4 rings (SSSR count). The van der Waals surface area contributed by atoms with Crippen LogP contribution in [0, 0.1) is 5.82 Å². The van der Waals surface area contributed by atoms with Gasteiger partial charge in [-0.1, -0.05) is 49.4 Å². The maximum atomic E-state index is 13.8. The molecule has 5 nitrogen and oxygen atoms in total. The van der Waals surface area contributed by atoms with Crippen LogP contribution in [0.4, 0.5) is 4.39 Å². The first-order valence-corrected chi connectivity index (χ1v) is 9.62. The van der Waals surface area contributed by atoms with Crippen molar-refractivity contribution in [3.63, 3.8) is 0 Å². The van der Waals surface area contributed by atoms with Crippen molar-refractivity contribution in [1.82, 2.24) is 9.13 Å². The summed E-state index contributed by atoms with van der Waals surface area (Å²) in [5.41, 5.74) is 1.03. The van der Waals surface area contributed by atoms with Crippen LogP contribution in [0.3, 0.4) is 0 Å². The lowest BCUT2D eigenvalue weighted by molar-refractivity contribution is 0.0988. The monoisotopic (exact) mass is 402 g/mol. The number of para-hydroxylation sites is 1. The molecular weight excluding hydrogens is 383 g/mol. The van der Waals surface area contributed by atoms with Crippen molar-refractivity contribution in [1.29, 1.82) is 0 Å². The first kappa shape index (κ1) is 19.5. The van der Waals surface area contributed by atoms with Gasteiger partial charge in [-0.2, -0.15) is 0 Å². The lowest BCUT2D eigenvalue weighted by atomic mass is 10.1. The highest BCUT2D eigenvalue weighted by Gasteiger charge is 2.15. The quantitative estimate of drug-likeness (QED) is 0.475. The van der Waals surface area contributed by atoms with Crippen LogP contribution in [0.2, 0.25) is 0 Å². The second-order valence-corrected chi connectivity index (χ2v) is 6.98. The van der Waals surface area contributed by atoms with Crippen molar-refractivity contribution in [3.8, 4) is 5.69 Å². The molecule has 0 aliphatic rings. The Morgan fingerprint density at radius 1 is 0.933 bits per heavy atom. The molecule has 0 saturated carbocycles. The Hall–Kier alpha value is -3.80. The summed E-state index contributed by atoms with van der Waals surface area (Å²) >= 11 is 0. The van der Waals surface area contributed by atoms with E-state index in [-0.39, 0.29) is 18.0 Å². The van der Waals surface area contributed by atoms with Crippen LogP contribution >= 0.6 is 0 Å². The molecule has 4 aromatic rings. The number of carbonyl (C=O) groups is 1. The number of nitrogens with zero attached hydrogens (tertiary/aromatic N) is 2. The topological polar surface area (TPSA) is 61.1 Å². The highest BCUT2D eigenvalue weighted by atomic mass is 19.1. The van der Waals surface area contributed by atoms with Crippen molar-refractivity contribution in [3.05, 3.63) is 111 Å². The zero-order chi connectivity index (χ0) is 21.3. The molecule has 0 atom stereocenters. The Morgan fingerprint density at radius 2 is 1.67 bits per heavy atom. The minimum Gasteiger partial charge on any atom is -0.294 e. The molecule has 0 spiro atoms. The van der Waals surface area contributed by atoms with Gasteiger partial charge in [0.05, 0.1) is 23.1 Å². The van der Waals surface area contributed by atoms with Gasteiger partial charge in [-0.25, -0.2) is 13.8 Å². The number of fused-ring (bicyclic) bond motifs is 1. The number of Topliss-reactive ketones (excluding diaryl/α,β-unsaturated/α-hetero) is 1. The molecule has 0 N–H and O–H groups in total. The molecule has 1 heterocycles. The van der Waals surface area contributed by atoms with Crippen LogP contribution in [0.25, 0.3) is 16.6 Å². The predicted molar refractivity (Wildman–Crippen MR) is 114 cm³/mol. The molecule has 0 unspecified atom stereocenters. The first-order chi connectivity index (χ1) is 14.5. The van der Waals surface area contributed by atoms with Crippen LogP contribution in [0.5, 0.6) is 0 Å². The number of carbonyl (C=O) groups excluding carboxylic acids is 1. The third kappa shape index (κ3) is 3.48. The van der Waals surface area contributed by atoms with Crippen LogP contribution in [-0.4, -0.2) is 14.9 Å². The van der Waals surface area contributed by atoms with Gasteiger partial charge in [0, 0.05) is 12.0 Å². The molecule has 3 aromatic carbocycles. The van der Waals surface area contributed by atoms with E-state index in [2.05, 4.69) is 0 Å². The summed E-state index contributed by atoms with van der Waals surface area (Å²) in [6, 6.07) is 19.3. The Morgan fingerprint density at radius 3 is 2.37 bits per heavy atom. The number of ketones is 1. The van der Waals surface area contributed by atoms with Gasteiger partial charge in [-0.15, -0.1) is 0 Å². The van der Waals surface area contributed by atoms with Crippen molar-refractivity contribution in [2.75, 3.05) is 0 Å². The average Bonchev–Trinajstić information content (AvgIpc) is 2.77. The Bertz CT molecular complexity index is 1370. The van der Waals surface area contributed by atoms with Crippen molar-refractivity contribution in [2.24, 2.45) is 0 Å². The lowest BCUT2D eigenvalue weighted by Crippen LogP contribution is -2.39. The van der Waals surface area contributed by atoms with E-state index in [1.807, 2.05) is 0 Å². The third-order valence-electron chi connectivity index (χ3n) is 5.05. The second-order valence-electron chi connectivity index (χ2n) is 6.98. The summed E-state index contributed by atoms with van der Waals surface area (Å²) in [4.78, 5) is 38.2. The summed E-state index contributed by atoms with van der Waals surface area (Å²) in [5, 5.41) is 0.360. The van der Waals surface area contributed by atoms with Gasteiger partial charge in [0.25, 0.3) is 5.56 Å². The number of hydrogen-bond acceptors (Lipinski definition) is 3. The van der Waals surface area contributed by atoms with Crippen LogP contribution in [0.15, 0.2) is 82.4 Å². The molecule has 0 fully saturated rings. The number of hydrogen-bond donors (Lipinski definition) is 0. The average molecular weight is 402 g/mol. The lowest BCUT2D eigenvalue weighted by Gasteiger charge is -2.14. The summed E-state index contributed by atoms with van der Waals surface area (Å²) in [7, 11) is 0. The van der Waals surface area contributed by atoms with E-state index in [1.165, 1.54) is 22.8 Å². The van der Waals surface area contributed by atoms with E-state index in [0.717, 1.165) is 16.2 Å². The maximum absolute atomic E-state index is 13.8. The molecule has 0 aliphatic carbocycles. The van der Waals surface area contributed by atoms with Gasteiger partial charge in [0.15, 0.2) is 5.78 Å². The fourth-order valence-corrected chi connectivity index (χ4v) is 3.50. The molecule has 30 heavy (non-hydrogen) atoms. The van der Waals surface area contributed by atoms with E-state index in [4.69, 9.17) is 0 Å². The minimum atomic E-state index is -0.557. The summed E-state index contributed by atoms with van der Waals surface area (Å²) in [5.74, 6) is -0.487. The molecule has 0 radical (unpaired) electrons. The highest BCUT2D eigenvalue weighted by molar-refractivity contribution is 5.95. The van der Waals surface area contributed by atoms with Gasteiger partial charge >= 0.3 is 5.69 Å². The normalized spacial score (nSPS) is 11.0. The number of benzene rings is 3. The molecule has 0 bridgehead atoms. The van der Waals surface area contributed by atoms with E-state index in [1.54, 1.807) is 55.5 Å². The fraction of sp³-hybridized carbons (Fsp3) is 0.125. The van der Waals surface area contributed by atoms with Gasteiger partial charge in [-0.05, 0) is 35.9 Å². The SMILES string of the molecule is CCC(=O)c1ccc(Cn2c(=O)n(-c3cccc(F)c3)c(=O)c3ccccc32)cc1. The smallest absolute Gasteiger partial charge is 0.294 e. The number of rotatable bonds is 5. The fourth-order valence-electron chi connectivity index (χ4n) is 3.50. The first-order valence-electron chi connectivity index (χ1n) is 9.62. The van der Waals surface area contributed by atoms with Crippen molar-refractivity contribution in [2.45, 2.75) is 19.9 Å². The zero-order valence-electron chi connectivity index (χ0n) is 16.3. The van der Waals surface area contributed by atoms with Crippen LogP contribution in [0.1, 0.15) is 29.3 Å². The summed E-state index contributed by atoms with van der Waals surface area (Å²) in [6.07, 6.45) is 0.419. The molecule has 150 valence electrons. The minimum absolute atomic E-state index is 0.0452. The molecule has 0 aliphatic heterocycles. The van der Waals surface area contributed by atoms with E-state index in [9.17, 15) is 18.8 Å². The standard InChI is InChI=1S/C24H19FN2O3/c1-2-22(28)17-12-10-16(11-13-17)15-26-21-9-4-3-8-20(21)23(29)27(24(26)30)19-7-5-6-18(25)14-19/h3-14H,2,15H2,1H3. The van der Waals surface area contributed by atoms with Gasteiger partial charge in [0.1, 0.15) is 5.82 Å². The van der Waals surface area contributed by atoms with Gasteiger partial charge in [-0.3, -0.25) is 14.2 Å². The van der Waals surface area contributed by atoms with E-state index >= 15 is 0 Å². The predicted octanol–water partition coefficient (Wildman–Crippen LogP) is 3.93. The molecule has 6 heteroatoms. The number of aromatic nitrogens is 2. The largest absolute Gasteiger partial charge is 0.336 e.